The Hall–Kier alpha value is -0.730. The van der Waals surface area contributed by atoms with Crippen molar-refractivity contribution >= 4 is 18.1 Å². The molecule has 60 valence electrons. The Labute approximate surface area is 72.4 Å². The van der Waals surface area contributed by atoms with Crippen molar-refractivity contribution in [3.63, 3.8) is 0 Å². The Morgan fingerprint density at radius 2 is 2.00 bits per heavy atom. The third-order valence-corrected chi connectivity index (χ3v) is 1.74. The molecule has 11 heavy (non-hydrogen) atoms. The monoisotopic (exact) mass is 170 g/mol. The van der Waals surface area contributed by atoms with Gasteiger partial charge in [0.15, 0.2) is 0 Å². The Balaban J connectivity index is 0.000000605. The summed E-state index contributed by atoms with van der Waals surface area (Å²) in [6.07, 6.45) is 0. The van der Waals surface area contributed by atoms with Crippen LogP contribution in [0.3, 0.4) is 0 Å². The fourth-order valence-electron chi connectivity index (χ4n) is 1.20. The first-order valence-electron chi connectivity index (χ1n) is 3.49. The lowest BCUT2D eigenvalue weighted by atomic mass is 10.1. The maximum absolute atomic E-state index is 3.25. The molecule has 1 aliphatic heterocycles. The number of hydrogen-bond donors (Lipinski definition) is 2. The number of rotatable bonds is 0. The van der Waals surface area contributed by atoms with Gasteiger partial charge in [0, 0.05) is 12.2 Å². The molecule has 0 fully saturated rings. The zero-order chi connectivity index (χ0) is 6.81. The highest BCUT2D eigenvalue weighted by Crippen LogP contribution is 2.16. The predicted octanol–water partition coefficient (Wildman–Crippen LogP) is 1.58. The lowest BCUT2D eigenvalue weighted by Crippen LogP contribution is -2.27. The quantitative estimate of drug-likeness (QED) is 0.618. The van der Waals surface area contributed by atoms with E-state index in [4.69, 9.17) is 0 Å². The molecule has 0 radical (unpaired) electrons. The SMILES string of the molecule is Cl.c1ccc2c(c1)CNCN2. The van der Waals surface area contributed by atoms with Crippen LogP contribution >= 0.6 is 12.4 Å². The predicted molar refractivity (Wildman–Crippen MR) is 49.0 cm³/mol. The molecule has 2 nitrogen and oxygen atoms in total. The van der Waals surface area contributed by atoms with Gasteiger partial charge in [-0.1, -0.05) is 18.2 Å². The summed E-state index contributed by atoms with van der Waals surface area (Å²) in [7, 11) is 0. The van der Waals surface area contributed by atoms with Crippen molar-refractivity contribution < 1.29 is 0 Å². The smallest absolute Gasteiger partial charge is 0.0655 e. The van der Waals surface area contributed by atoms with Crippen LogP contribution in [0.25, 0.3) is 0 Å². The largest absolute Gasteiger partial charge is 0.372 e. The van der Waals surface area contributed by atoms with Gasteiger partial charge >= 0.3 is 0 Å². The average Bonchev–Trinajstić information content (AvgIpc) is 2.05. The van der Waals surface area contributed by atoms with E-state index in [9.17, 15) is 0 Å². The molecule has 0 atom stereocenters. The molecule has 0 spiro atoms. The van der Waals surface area contributed by atoms with E-state index in [-0.39, 0.29) is 12.4 Å². The van der Waals surface area contributed by atoms with E-state index >= 15 is 0 Å². The van der Waals surface area contributed by atoms with Gasteiger partial charge in [-0.2, -0.15) is 0 Å². The van der Waals surface area contributed by atoms with Crippen molar-refractivity contribution in [3.05, 3.63) is 29.8 Å². The number of fused-ring (bicyclic) bond motifs is 1. The van der Waals surface area contributed by atoms with Crippen LogP contribution in [-0.2, 0) is 6.54 Å². The number of nitrogens with one attached hydrogen (secondary N) is 2. The number of anilines is 1. The Morgan fingerprint density at radius 3 is 2.82 bits per heavy atom. The molecule has 0 aromatic heterocycles. The van der Waals surface area contributed by atoms with Crippen LogP contribution in [0.5, 0.6) is 0 Å². The molecule has 1 heterocycles. The van der Waals surface area contributed by atoms with Crippen molar-refractivity contribution in [1.29, 1.82) is 0 Å². The highest BCUT2D eigenvalue weighted by atomic mass is 35.5. The van der Waals surface area contributed by atoms with Crippen molar-refractivity contribution in [2.45, 2.75) is 6.54 Å². The van der Waals surface area contributed by atoms with Crippen LogP contribution in [0.1, 0.15) is 5.56 Å². The highest BCUT2D eigenvalue weighted by molar-refractivity contribution is 5.85. The molecule has 2 rings (SSSR count). The Kier molecular flexibility index (Phi) is 2.74. The van der Waals surface area contributed by atoms with Gasteiger partial charge in [-0.25, -0.2) is 0 Å². The molecule has 1 aromatic carbocycles. The van der Waals surface area contributed by atoms with Crippen LogP contribution in [0.15, 0.2) is 24.3 Å². The molecule has 0 unspecified atom stereocenters. The first-order chi connectivity index (χ1) is 4.97. The van der Waals surface area contributed by atoms with Gasteiger partial charge in [-0.15, -0.1) is 12.4 Å². The summed E-state index contributed by atoms with van der Waals surface area (Å²) in [5.41, 5.74) is 2.62. The number of para-hydroxylation sites is 1. The second-order valence-corrected chi connectivity index (χ2v) is 2.44. The third kappa shape index (κ3) is 1.64. The van der Waals surface area contributed by atoms with E-state index in [0.29, 0.717) is 0 Å². The van der Waals surface area contributed by atoms with Crippen molar-refractivity contribution in [2.24, 2.45) is 0 Å². The van der Waals surface area contributed by atoms with Gasteiger partial charge in [-0.05, 0) is 11.6 Å². The van der Waals surface area contributed by atoms with Crippen molar-refractivity contribution in [1.82, 2.24) is 5.32 Å². The first kappa shape index (κ1) is 8.37. The van der Waals surface area contributed by atoms with Crippen LogP contribution in [-0.4, -0.2) is 6.67 Å². The van der Waals surface area contributed by atoms with Gasteiger partial charge < -0.3 is 5.32 Å². The van der Waals surface area contributed by atoms with E-state index in [1.54, 1.807) is 0 Å². The van der Waals surface area contributed by atoms with Gasteiger partial charge in [0.2, 0.25) is 0 Å². The first-order valence-corrected chi connectivity index (χ1v) is 3.49. The molecular weight excluding hydrogens is 160 g/mol. The molecular formula is C8H11ClN2. The van der Waals surface area contributed by atoms with Gasteiger partial charge in [0.05, 0.1) is 6.67 Å². The zero-order valence-corrected chi connectivity index (χ0v) is 6.95. The van der Waals surface area contributed by atoms with Crippen LogP contribution < -0.4 is 10.6 Å². The minimum atomic E-state index is 0. The fraction of sp³-hybridized carbons (Fsp3) is 0.250. The maximum atomic E-state index is 3.25. The summed E-state index contributed by atoms with van der Waals surface area (Å²) in [6.45, 7) is 1.88. The molecule has 1 aliphatic rings. The van der Waals surface area contributed by atoms with Gasteiger partial charge in [0.1, 0.15) is 0 Å². The summed E-state index contributed by atoms with van der Waals surface area (Å²) in [6, 6.07) is 8.36. The minimum absolute atomic E-state index is 0. The maximum Gasteiger partial charge on any atom is 0.0655 e. The van der Waals surface area contributed by atoms with Crippen molar-refractivity contribution in [2.75, 3.05) is 12.0 Å². The van der Waals surface area contributed by atoms with E-state index in [2.05, 4.69) is 34.9 Å². The number of halogens is 1. The lowest BCUT2D eigenvalue weighted by molar-refractivity contribution is 0.709. The lowest BCUT2D eigenvalue weighted by Gasteiger charge is -2.18. The number of hydrogen-bond acceptors (Lipinski definition) is 2. The van der Waals surface area contributed by atoms with E-state index in [1.165, 1.54) is 11.3 Å². The van der Waals surface area contributed by atoms with Crippen LogP contribution in [0.2, 0.25) is 0 Å². The minimum Gasteiger partial charge on any atom is -0.372 e. The summed E-state index contributed by atoms with van der Waals surface area (Å²) in [4.78, 5) is 0. The topological polar surface area (TPSA) is 24.1 Å². The van der Waals surface area contributed by atoms with E-state index < -0.39 is 0 Å². The molecule has 0 bridgehead atoms. The fourth-order valence-corrected chi connectivity index (χ4v) is 1.20. The van der Waals surface area contributed by atoms with E-state index in [1.807, 2.05) is 0 Å². The summed E-state index contributed by atoms with van der Waals surface area (Å²) in [5.74, 6) is 0. The van der Waals surface area contributed by atoms with Crippen LogP contribution in [0, 0.1) is 0 Å². The average molecular weight is 171 g/mol. The standard InChI is InChI=1S/C8H10N2.ClH/c1-2-4-8-7(3-1)5-9-6-10-8;/h1-4,9-10H,5-6H2;1H. The second-order valence-electron chi connectivity index (χ2n) is 2.44. The van der Waals surface area contributed by atoms with Gasteiger partial charge in [0.25, 0.3) is 0 Å². The number of benzene rings is 1. The zero-order valence-electron chi connectivity index (χ0n) is 6.13. The molecule has 0 saturated heterocycles. The molecule has 3 heteroatoms. The Morgan fingerprint density at radius 1 is 1.18 bits per heavy atom. The molecule has 0 amide bonds. The highest BCUT2D eigenvalue weighted by Gasteiger charge is 2.03. The van der Waals surface area contributed by atoms with Crippen molar-refractivity contribution in [3.8, 4) is 0 Å². The van der Waals surface area contributed by atoms with Gasteiger partial charge in [-0.3, -0.25) is 5.32 Å². The molecule has 0 aliphatic carbocycles. The Bertz CT molecular complexity index is 212. The second kappa shape index (κ2) is 3.60. The summed E-state index contributed by atoms with van der Waals surface area (Å²) >= 11 is 0. The normalized spacial score (nSPS) is 14.2. The molecule has 2 N–H and O–H groups in total. The van der Waals surface area contributed by atoms with Crippen LogP contribution in [0.4, 0.5) is 5.69 Å². The van der Waals surface area contributed by atoms with E-state index in [0.717, 1.165) is 13.2 Å². The summed E-state index contributed by atoms with van der Waals surface area (Å²) < 4.78 is 0. The third-order valence-electron chi connectivity index (χ3n) is 1.74. The molecule has 0 saturated carbocycles. The molecule has 1 aromatic rings. The summed E-state index contributed by atoms with van der Waals surface area (Å²) in [5, 5.41) is 6.48.